The number of aliphatic hydroxyl groups excluding tert-OH is 1. The van der Waals surface area contributed by atoms with Crippen molar-refractivity contribution in [2.45, 2.75) is 95.3 Å². The Labute approximate surface area is 187 Å². The number of ether oxygens (including phenoxy) is 1. The molecule has 0 heterocycles. The van der Waals surface area contributed by atoms with E-state index in [0.717, 1.165) is 45.6 Å². The quantitative estimate of drug-likeness (QED) is 0.131. The molecular weight excluding hydrogens is 379 g/mol. The molecule has 0 aromatic heterocycles. The second-order valence-corrected chi connectivity index (χ2v) is 8.26. The number of carbonyl (C=O) groups is 1. The van der Waals surface area contributed by atoms with Crippen LogP contribution >= 0.6 is 0 Å². The minimum absolute atomic E-state index is 0. The first-order chi connectivity index (χ1) is 12.3. The number of esters is 1. The normalized spacial score (nSPS) is 13.9. The first-order valence-corrected chi connectivity index (χ1v) is 11.2. The smallest absolute Gasteiger partial charge is 0.747 e. The van der Waals surface area contributed by atoms with E-state index in [4.69, 9.17) is 0 Å². The van der Waals surface area contributed by atoms with Gasteiger partial charge in [-0.15, -0.1) is 0 Å². The van der Waals surface area contributed by atoms with Crippen LogP contribution in [0.1, 0.15) is 84.0 Å². The Bertz CT molecular complexity index is 492. The molecule has 0 fully saturated rings. The molecular formula is C19H35NaO6S. The molecule has 0 spiro atoms. The molecule has 0 saturated heterocycles. The fraction of sp³-hybridized carbons (Fsp3) is 0.842. The average molecular weight is 415 g/mol. The number of unbranched alkanes of at least 4 members (excludes halogenated alkanes) is 7. The number of methoxy groups -OCH3 is 1. The molecule has 6 nitrogen and oxygen atoms in total. The van der Waals surface area contributed by atoms with Gasteiger partial charge in [-0.2, -0.15) is 0 Å². The van der Waals surface area contributed by atoms with Crippen LogP contribution in [0.5, 0.6) is 0 Å². The Morgan fingerprint density at radius 2 is 1.63 bits per heavy atom. The Morgan fingerprint density at radius 1 is 1.04 bits per heavy atom. The summed E-state index contributed by atoms with van der Waals surface area (Å²) in [7, 11) is -3.58. The van der Waals surface area contributed by atoms with Gasteiger partial charge in [0, 0.05) is 0 Å². The monoisotopic (exact) mass is 414 g/mol. The van der Waals surface area contributed by atoms with Crippen LogP contribution in [0.2, 0.25) is 0 Å². The maximum absolute atomic E-state index is 11.3. The summed E-state index contributed by atoms with van der Waals surface area (Å²) in [5.74, 6) is -0.976. The van der Waals surface area contributed by atoms with Crippen molar-refractivity contribution in [2.24, 2.45) is 0 Å². The molecule has 0 aliphatic rings. The van der Waals surface area contributed by atoms with Gasteiger partial charge in [-0.25, -0.2) is 8.42 Å². The van der Waals surface area contributed by atoms with E-state index in [0.29, 0.717) is 12.8 Å². The molecule has 8 heteroatoms. The molecule has 0 aromatic carbocycles. The molecule has 0 radical (unpaired) electrons. The summed E-state index contributed by atoms with van der Waals surface area (Å²) in [5.41, 5.74) is 0. The van der Waals surface area contributed by atoms with Crippen molar-refractivity contribution < 1.29 is 57.2 Å². The molecule has 0 saturated carbocycles. The number of carbonyl (C=O) groups excluding carboxylic acids is 1. The molecule has 0 rings (SSSR count). The molecule has 2 atom stereocenters. The maximum atomic E-state index is 11.3. The number of rotatable bonds is 16. The first-order valence-electron chi connectivity index (χ1n) is 9.68. The predicted molar refractivity (Wildman–Crippen MR) is 102 cm³/mol. The Kier molecular flexibility index (Phi) is 19.7. The predicted octanol–water partition coefficient (Wildman–Crippen LogP) is 0.695. The van der Waals surface area contributed by atoms with E-state index in [-0.39, 0.29) is 42.1 Å². The summed E-state index contributed by atoms with van der Waals surface area (Å²) < 4.78 is 37.5. The van der Waals surface area contributed by atoms with Gasteiger partial charge in [-0.3, -0.25) is 4.79 Å². The van der Waals surface area contributed by atoms with Gasteiger partial charge in [0.25, 0.3) is 0 Å². The fourth-order valence-electron chi connectivity index (χ4n) is 2.75. The SMILES string of the molecule is CCCCCC[C@@H](O)C/C=C\CCCCCCC(C(=O)OC)S(=O)(=O)[O-].[Na+]. The van der Waals surface area contributed by atoms with E-state index in [1.165, 1.54) is 19.3 Å². The van der Waals surface area contributed by atoms with Gasteiger partial charge >= 0.3 is 35.5 Å². The van der Waals surface area contributed by atoms with Gasteiger partial charge in [-0.05, 0) is 32.1 Å². The zero-order valence-corrected chi connectivity index (χ0v) is 20.0. The van der Waals surface area contributed by atoms with Crippen molar-refractivity contribution in [1.29, 1.82) is 0 Å². The fourth-order valence-corrected chi connectivity index (χ4v) is 3.54. The van der Waals surface area contributed by atoms with Gasteiger partial charge in [0.05, 0.1) is 13.2 Å². The third-order valence-corrected chi connectivity index (χ3v) is 5.49. The maximum Gasteiger partial charge on any atom is 1.00 e. The van der Waals surface area contributed by atoms with E-state index < -0.39 is 21.3 Å². The summed E-state index contributed by atoms with van der Waals surface area (Å²) >= 11 is 0. The van der Waals surface area contributed by atoms with Gasteiger partial charge in [-0.1, -0.05) is 64.0 Å². The number of hydrogen-bond acceptors (Lipinski definition) is 6. The zero-order valence-electron chi connectivity index (χ0n) is 17.2. The summed E-state index contributed by atoms with van der Waals surface area (Å²) in [6.45, 7) is 2.17. The van der Waals surface area contributed by atoms with Crippen LogP contribution in [0, 0.1) is 0 Å². The molecule has 0 bridgehead atoms. The largest absolute Gasteiger partial charge is 1.00 e. The third kappa shape index (κ3) is 16.7. The van der Waals surface area contributed by atoms with Crippen molar-refractivity contribution in [1.82, 2.24) is 0 Å². The van der Waals surface area contributed by atoms with Crippen LogP contribution in [0.25, 0.3) is 0 Å². The molecule has 0 aromatic rings. The van der Waals surface area contributed by atoms with Gasteiger partial charge in [0.2, 0.25) is 0 Å². The third-order valence-electron chi connectivity index (χ3n) is 4.37. The van der Waals surface area contributed by atoms with Crippen molar-refractivity contribution in [3.8, 4) is 0 Å². The number of allylic oxidation sites excluding steroid dienone is 1. The molecule has 154 valence electrons. The van der Waals surface area contributed by atoms with Crippen molar-refractivity contribution in [3.05, 3.63) is 12.2 Å². The molecule has 1 unspecified atom stereocenters. The standard InChI is InChI=1S/C19H36O6S.Na/c1-3-4-5-11-14-17(20)15-12-9-7-6-8-10-13-16-18(19(21)25-2)26(22,23)24;/h9,12,17-18,20H,3-8,10-11,13-16H2,1-2H3,(H,22,23,24);/q;+1/p-1/b12-9-;/t17-,18?;/m1./s1. The van der Waals surface area contributed by atoms with Crippen LogP contribution in [0.15, 0.2) is 12.2 Å². The minimum atomic E-state index is -4.66. The Hall–Kier alpha value is 0.0800. The van der Waals surface area contributed by atoms with Crippen molar-refractivity contribution >= 4 is 16.1 Å². The van der Waals surface area contributed by atoms with E-state index in [1.54, 1.807) is 0 Å². The molecule has 0 aliphatic carbocycles. The molecule has 27 heavy (non-hydrogen) atoms. The first kappa shape index (κ1) is 29.3. The summed E-state index contributed by atoms with van der Waals surface area (Å²) in [4.78, 5) is 11.3. The van der Waals surface area contributed by atoms with Crippen LogP contribution in [-0.2, 0) is 19.6 Å². The summed E-state index contributed by atoms with van der Waals surface area (Å²) in [6.07, 6.45) is 14.1. The summed E-state index contributed by atoms with van der Waals surface area (Å²) in [6, 6.07) is 0. The van der Waals surface area contributed by atoms with Crippen LogP contribution in [0.4, 0.5) is 0 Å². The van der Waals surface area contributed by atoms with Gasteiger partial charge in [0.15, 0.2) is 0 Å². The zero-order chi connectivity index (χ0) is 19.8. The second-order valence-electron chi connectivity index (χ2n) is 6.71. The topological polar surface area (TPSA) is 104 Å². The Morgan fingerprint density at radius 3 is 2.22 bits per heavy atom. The van der Waals surface area contributed by atoms with Crippen LogP contribution < -0.4 is 29.6 Å². The molecule has 0 amide bonds. The van der Waals surface area contributed by atoms with Crippen molar-refractivity contribution in [3.63, 3.8) is 0 Å². The second kappa shape index (κ2) is 18.1. The minimum Gasteiger partial charge on any atom is -0.747 e. The van der Waals surface area contributed by atoms with Gasteiger partial charge in [0.1, 0.15) is 15.4 Å². The number of aliphatic hydroxyl groups is 1. The molecule has 1 N–H and O–H groups in total. The summed E-state index contributed by atoms with van der Waals surface area (Å²) in [5, 5.41) is 8.25. The van der Waals surface area contributed by atoms with E-state index in [2.05, 4.69) is 17.7 Å². The van der Waals surface area contributed by atoms with Crippen LogP contribution in [-0.4, -0.2) is 42.5 Å². The van der Waals surface area contributed by atoms with E-state index in [1.807, 2.05) is 6.08 Å². The average Bonchev–Trinajstić information content (AvgIpc) is 2.58. The van der Waals surface area contributed by atoms with E-state index in [9.17, 15) is 22.9 Å². The number of hydrogen-bond donors (Lipinski definition) is 1. The van der Waals surface area contributed by atoms with Gasteiger partial charge < -0.3 is 14.4 Å². The van der Waals surface area contributed by atoms with Crippen LogP contribution in [0.3, 0.4) is 0 Å². The molecule has 0 aliphatic heterocycles. The Balaban J connectivity index is 0. The van der Waals surface area contributed by atoms with Crippen molar-refractivity contribution in [2.75, 3.05) is 7.11 Å². The van der Waals surface area contributed by atoms with E-state index >= 15 is 0 Å².